The van der Waals surface area contributed by atoms with Crippen LogP contribution in [0, 0.1) is 18.3 Å². The van der Waals surface area contributed by atoms with Crippen LogP contribution >= 0.6 is 34.5 Å². The highest BCUT2D eigenvalue weighted by molar-refractivity contribution is 7.11. The number of nitrogens with zero attached hydrogens (tertiary/aromatic N) is 2. The summed E-state index contributed by atoms with van der Waals surface area (Å²) in [6.45, 7) is 1.87. The number of hydrogen-bond donors (Lipinski definition) is 0. The molecule has 0 aliphatic rings. The topological polar surface area (TPSA) is 55.1 Å². The molecule has 2 rings (SSSR count). The Hall–Kier alpha value is -1.74. The number of thiazole rings is 1. The summed E-state index contributed by atoms with van der Waals surface area (Å²) < 4.78 is 10.5. The molecule has 22 heavy (non-hydrogen) atoms. The lowest BCUT2D eigenvalue weighted by atomic mass is 10.1. The number of rotatable bonds is 4. The summed E-state index contributed by atoms with van der Waals surface area (Å²) in [6, 6.07) is 3.78. The summed E-state index contributed by atoms with van der Waals surface area (Å²) in [5, 5.41) is 12.5. The van der Waals surface area contributed by atoms with E-state index in [0.29, 0.717) is 32.7 Å². The number of hydrogen-bond acceptors (Lipinski definition) is 5. The number of aryl methyl sites for hydroxylation is 1. The number of methoxy groups -OCH3 is 2. The van der Waals surface area contributed by atoms with E-state index < -0.39 is 0 Å². The molecular weight excluding hydrogens is 343 g/mol. The lowest BCUT2D eigenvalue weighted by molar-refractivity contribution is 0.394. The second-order valence-corrected chi connectivity index (χ2v) is 5.94. The van der Waals surface area contributed by atoms with E-state index in [4.69, 9.17) is 32.7 Å². The summed E-state index contributed by atoms with van der Waals surface area (Å²) in [5.41, 5.74) is 1.86. The van der Waals surface area contributed by atoms with Crippen molar-refractivity contribution in [2.24, 2.45) is 0 Å². The summed E-state index contributed by atoms with van der Waals surface area (Å²) >= 11 is 13.8. The monoisotopic (exact) mass is 354 g/mol. The van der Waals surface area contributed by atoms with Crippen LogP contribution < -0.4 is 9.47 Å². The Morgan fingerprint density at radius 2 is 2.00 bits per heavy atom. The lowest BCUT2D eigenvalue weighted by Gasteiger charge is -2.13. The highest BCUT2D eigenvalue weighted by Crippen LogP contribution is 2.43. The van der Waals surface area contributed by atoms with Crippen LogP contribution in [0.15, 0.2) is 11.4 Å². The van der Waals surface area contributed by atoms with Gasteiger partial charge in [0.25, 0.3) is 0 Å². The Bertz CT molecular complexity index is 779. The van der Waals surface area contributed by atoms with E-state index in [-0.39, 0.29) is 5.02 Å². The molecule has 1 aromatic carbocycles. The molecule has 0 radical (unpaired) electrons. The maximum atomic E-state index is 9.37. The van der Waals surface area contributed by atoms with E-state index in [0.717, 1.165) is 5.69 Å². The first kappa shape index (κ1) is 16.6. The molecule has 1 aromatic heterocycles. The highest BCUT2D eigenvalue weighted by Gasteiger charge is 2.17. The third kappa shape index (κ3) is 3.20. The molecule has 0 aliphatic carbocycles. The molecule has 0 spiro atoms. The first-order valence-electron chi connectivity index (χ1n) is 6.16. The molecule has 0 fully saturated rings. The predicted octanol–water partition coefficient (Wildman–Crippen LogP) is 4.84. The van der Waals surface area contributed by atoms with Crippen LogP contribution in [0.2, 0.25) is 10.0 Å². The van der Waals surface area contributed by atoms with Gasteiger partial charge < -0.3 is 9.47 Å². The van der Waals surface area contributed by atoms with Crippen LogP contribution in [0.3, 0.4) is 0 Å². The molecule has 0 amide bonds. The maximum Gasteiger partial charge on any atom is 0.159 e. The average molecular weight is 355 g/mol. The zero-order valence-corrected chi connectivity index (χ0v) is 14.4. The Morgan fingerprint density at radius 1 is 1.32 bits per heavy atom. The van der Waals surface area contributed by atoms with Gasteiger partial charge in [-0.3, -0.25) is 0 Å². The van der Waals surface area contributed by atoms with Crippen LogP contribution in [0.1, 0.15) is 16.3 Å². The van der Waals surface area contributed by atoms with Gasteiger partial charge in [0.15, 0.2) is 5.75 Å². The number of benzene rings is 1. The van der Waals surface area contributed by atoms with Gasteiger partial charge in [-0.2, -0.15) is 5.26 Å². The van der Waals surface area contributed by atoms with Gasteiger partial charge in [-0.25, -0.2) is 4.98 Å². The number of nitriles is 1. The zero-order valence-electron chi connectivity index (χ0n) is 12.1. The molecule has 0 bridgehead atoms. The van der Waals surface area contributed by atoms with Crippen molar-refractivity contribution in [3.05, 3.63) is 37.8 Å². The Kier molecular flexibility index (Phi) is 5.30. The summed E-state index contributed by atoms with van der Waals surface area (Å²) in [4.78, 5) is 4.31. The van der Waals surface area contributed by atoms with Crippen LogP contribution in [-0.4, -0.2) is 19.2 Å². The first-order valence-corrected chi connectivity index (χ1v) is 7.79. The summed E-state index contributed by atoms with van der Waals surface area (Å²) in [5.74, 6) is 0.727. The van der Waals surface area contributed by atoms with Gasteiger partial charge >= 0.3 is 0 Å². The van der Waals surface area contributed by atoms with Crippen molar-refractivity contribution in [1.29, 1.82) is 5.26 Å². The predicted molar refractivity (Wildman–Crippen MR) is 89.9 cm³/mol. The highest BCUT2D eigenvalue weighted by atomic mass is 35.5. The molecule has 7 heteroatoms. The Balaban J connectivity index is 2.61. The number of aromatic nitrogens is 1. The van der Waals surface area contributed by atoms with Gasteiger partial charge in [-0.1, -0.05) is 23.2 Å². The van der Waals surface area contributed by atoms with Gasteiger partial charge in [0, 0.05) is 16.6 Å². The second-order valence-electron chi connectivity index (χ2n) is 4.29. The van der Waals surface area contributed by atoms with Gasteiger partial charge in [0.2, 0.25) is 0 Å². The zero-order chi connectivity index (χ0) is 16.3. The van der Waals surface area contributed by atoms with E-state index in [1.54, 1.807) is 12.1 Å². The molecule has 2 aromatic rings. The first-order chi connectivity index (χ1) is 10.5. The van der Waals surface area contributed by atoms with Gasteiger partial charge in [-0.05, 0) is 19.1 Å². The Morgan fingerprint density at radius 3 is 2.50 bits per heavy atom. The van der Waals surface area contributed by atoms with E-state index in [9.17, 15) is 5.26 Å². The van der Waals surface area contributed by atoms with Gasteiger partial charge in [-0.15, -0.1) is 11.3 Å². The molecule has 0 saturated carbocycles. The average Bonchev–Trinajstić information content (AvgIpc) is 2.91. The lowest BCUT2D eigenvalue weighted by Crippen LogP contribution is -1.94. The molecular formula is C15H12Cl2N2O2S. The largest absolute Gasteiger partial charge is 0.494 e. The van der Waals surface area contributed by atoms with E-state index in [2.05, 4.69) is 11.1 Å². The van der Waals surface area contributed by atoms with E-state index >= 15 is 0 Å². The smallest absolute Gasteiger partial charge is 0.159 e. The molecule has 4 nitrogen and oxygen atoms in total. The normalized spacial score (nSPS) is 11.2. The van der Waals surface area contributed by atoms with Crippen molar-refractivity contribution in [2.45, 2.75) is 6.92 Å². The minimum absolute atomic E-state index is 0.261. The SMILES string of the molecule is COc1c(Cl)cc(/C=C(/C#N)c2nc(C)cs2)c(OC)c1Cl. The quantitative estimate of drug-likeness (QED) is 0.737. The fraction of sp³-hybridized carbons (Fsp3) is 0.200. The molecule has 0 saturated heterocycles. The van der Waals surface area contributed by atoms with Gasteiger partial charge in [0.05, 0.1) is 24.8 Å². The summed E-state index contributed by atoms with van der Waals surface area (Å²) in [7, 11) is 2.96. The van der Waals surface area contributed by atoms with Crippen molar-refractivity contribution in [3.63, 3.8) is 0 Å². The van der Waals surface area contributed by atoms with Crippen molar-refractivity contribution < 1.29 is 9.47 Å². The Labute approximate surface area is 142 Å². The minimum Gasteiger partial charge on any atom is -0.494 e. The molecule has 0 aliphatic heterocycles. The van der Waals surface area contributed by atoms with Crippen molar-refractivity contribution in [2.75, 3.05) is 14.2 Å². The molecule has 0 unspecified atom stereocenters. The van der Waals surface area contributed by atoms with Crippen molar-refractivity contribution in [3.8, 4) is 17.6 Å². The molecule has 1 heterocycles. The number of allylic oxidation sites excluding steroid dienone is 1. The maximum absolute atomic E-state index is 9.37. The standard InChI is InChI=1S/C15H12Cl2N2O2S/c1-8-7-22-15(19-8)10(6-18)4-9-5-11(16)14(21-3)12(17)13(9)20-2/h4-5,7H,1-3H3/b10-4-. The van der Waals surface area contributed by atoms with E-state index in [1.807, 2.05) is 12.3 Å². The van der Waals surface area contributed by atoms with Crippen LogP contribution in [0.5, 0.6) is 11.5 Å². The molecule has 114 valence electrons. The number of ether oxygens (including phenoxy) is 2. The third-order valence-electron chi connectivity index (χ3n) is 2.84. The molecule has 0 atom stereocenters. The van der Waals surface area contributed by atoms with Crippen molar-refractivity contribution >= 4 is 46.2 Å². The fourth-order valence-corrected chi connectivity index (χ4v) is 3.34. The fourth-order valence-electron chi connectivity index (χ4n) is 1.88. The van der Waals surface area contributed by atoms with Crippen LogP contribution in [0.25, 0.3) is 11.6 Å². The minimum atomic E-state index is 0.261. The summed E-state index contributed by atoms with van der Waals surface area (Å²) in [6.07, 6.45) is 1.65. The van der Waals surface area contributed by atoms with E-state index in [1.165, 1.54) is 25.6 Å². The second kappa shape index (κ2) is 7.01. The molecule has 0 N–H and O–H groups in total. The number of halogens is 2. The van der Waals surface area contributed by atoms with Gasteiger partial charge in [0.1, 0.15) is 21.8 Å². The van der Waals surface area contributed by atoms with Crippen molar-refractivity contribution in [1.82, 2.24) is 4.98 Å². The van der Waals surface area contributed by atoms with Crippen LogP contribution in [0.4, 0.5) is 0 Å². The third-order valence-corrected chi connectivity index (χ3v) is 4.46. The van der Waals surface area contributed by atoms with Crippen LogP contribution in [-0.2, 0) is 0 Å².